The fourth-order valence-electron chi connectivity index (χ4n) is 20.4. The number of nitrogens with zero attached hydrogens (tertiary/aromatic N) is 24. The molecule has 16 heterocycles. The number of fused-ring (bicyclic) bond motifs is 8. The summed E-state index contributed by atoms with van der Waals surface area (Å²) in [5, 5.41) is 24.5. The van der Waals surface area contributed by atoms with Crippen molar-refractivity contribution in [3.05, 3.63) is 237 Å². The Bertz CT molecular complexity index is 7770. The molecule has 1 amide bonds. The number of pyridine rings is 4. The summed E-state index contributed by atoms with van der Waals surface area (Å²) < 4.78 is 132. The maximum Gasteiger partial charge on any atom is 0.319 e. The molecule has 2 saturated carbocycles. The molecule has 34 nitrogen and oxygen atoms in total. The van der Waals surface area contributed by atoms with Gasteiger partial charge in [-0.3, -0.25) is 24.2 Å². The van der Waals surface area contributed by atoms with E-state index in [1.807, 2.05) is 129 Å². The molecule has 0 saturated heterocycles. The van der Waals surface area contributed by atoms with E-state index in [9.17, 15) is 40.7 Å². The number of aryl methyl sites for hydroxylation is 4. The van der Waals surface area contributed by atoms with E-state index < -0.39 is 52.5 Å². The predicted octanol–water partition coefficient (Wildman–Crippen LogP) is 18.3. The molecule has 4 aliphatic heterocycles. The molecule has 42 heteroatoms. The van der Waals surface area contributed by atoms with E-state index in [0.29, 0.717) is 150 Å². The zero-order valence-electron chi connectivity index (χ0n) is 83.0. The second-order valence-corrected chi connectivity index (χ2v) is 38.4. The Morgan fingerprint density at radius 3 is 1.11 bits per heavy atom. The molecule has 22 rings (SSSR count). The van der Waals surface area contributed by atoms with Gasteiger partial charge in [0, 0.05) is 147 Å². The lowest BCUT2D eigenvalue weighted by Crippen LogP contribution is -2.41. The molecule has 2 aliphatic carbocycles. The number of esters is 1. The molecule has 12 aromatic heterocycles. The molecule has 0 unspecified atom stereocenters. The number of carboxylic acid groups (broad SMARTS) is 1. The first-order chi connectivity index (χ1) is 70.7. The number of carbonyl (C=O) groups excluding carboxylic acids is 2. The highest BCUT2D eigenvalue weighted by atomic mass is 19.2. The normalized spacial score (nSPS) is 14.9. The van der Waals surface area contributed by atoms with Gasteiger partial charge in [-0.1, -0.05) is 49.9 Å². The molecule has 0 atom stereocenters. The van der Waals surface area contributed by atoms with Gasteiger partial charge in [-0.05, 0) is 190 Å². The van der Waals surface area contributed by atoms with Crippen LogP contribution in [0.1, 0.15) is 172 Å². The lowest BCUT2D eigenvalue weighted by Gasteiger charge is -2.29. The number of benzene rings is 4. The molecular formula is C105H109F8N29O5. The van der Waals surface area contributed by atoms with Gasteiger partial charge in [0.25, 0.3) is 0 Å². The third-order valence-corrected chi connectivity index (χ3v) is 27.1. The molecular weight excluding hydrogens is 1900 g/mol. The summed E-state index contributed by atoms with van der Waals surface area (Å²) in [5.74, 6) is -0.134. The number of ether oxygens (including phenoxy) is 1. The largest absolute Gasteiger partial charge is 0.480 e. The first-order valence-electron chi connectivity index (χ1n) is 49.0. The van der Waals surface area contributed by atoms with Crippen LogP contribution in [0.5, 0.6) is 0 Å². The summed E-state index contributed by atoms with van der Waals surface area (Å²) in [6.45, 7) is 21.0. The predicted molar refractivity (Wildman–Crippen MR) is 538 cm³/mol. The fourth-order valence-corrected chi connectivity index (χ4v) is 20.4. The number of methoxy groups -OCH3 is 1. The van der Waals surface area contributed by atoms with Crippen molar-refractivity contribution < 1.29 is 59.4 Å². The van der Waals surface area contributed by atoms with Crippen LogP contribution in [0.25, 0.3) is 89.2 Å². The van der Waals surface area contributed by atoms with Crippen LogP contribution in [0.4, 0.5) is 82.2 Å². The molecule has 0 bridgehead atoms. The highest BCUT2D eigenvalue weighted by Gasteiger charge is 2.32. The van der Waals surface area contributed by atoms with E-state index in [1.165, 1.54) is 31.4 Å². The summed E-state index contributed by atoms with van der Waals surface area (Å²) in [5.41, 5.74) is 12.6. The first kappa shape index (κ1) is 100. The van der Waals surface area contributed by atoms with Crippen molar-refractivity contribution in [1.29, 1.82) is 0 Å². The van der Waals surface area contributed by atoms with Gasteiger partial charge in [-0.2, -0.15) is 0 Å². The van der Waals surface area contributed by atoms with Gasteiger partial charge < -0.3 is 64.5 Å². The number of aliphatic carboxylic acids is 1. The van der Waals surface area contributed by atoms with E-state index in [1.54, 1.807) is 42.5 Å². The van der Waals surface area contributed by atoms with Gasteiger partial charge >= 0.3 is 11.9 Å². The van der Waals surface area contributed by atoms with Crippen molar-refractivity contribution in [2.45, 2.75) is 183 Å². The quantitative estimate of drug-likeness (QED) is 0.0271. The average molecular weight is 2010 g/mol. The Labute approximate surface area is 839 Å². The number of halogens is 8. The van der Waals surface area contributed by atoms with Crippen LogP contribution in [-0.2, 0) is 71.0 Å². The number of carbonyl (C=O) groups is 3. The molecule has 2 fully saturated rings. The van der Waals surface area contributed by atoms with Gasteiger partial charge in [0.05, 0.1) is 73.6 Å². The topological polar surface area (TPSA) is 380 Å². The van der Waals surface area contributed by atoms with Crippen molar-refractivity contribution in [3.63, 3.8) is 0 Å². The minimum Gasteiger partial charge on any atom is -0.480 e. The maximum absolute atomic E-state index is 15.2. The summed E-state index contributed by atoms with van der Waals surface area (Å²) in [6.07, 6.45) is 15.7. The second kappa shape index (κ2) is 42.7. The van der Waals surface area contributed by atoms with Crippen LogP contribution >= 0.6 is 0 Å². The van der Waals surface area contributed by atoms with Crippen molar-refractivity contribution in [2.24, 2.45) is 0 Å². The third kappa shape index (κ3) is 21.8. The number of hydrogen-bond acceptors (Lipinski definition) is 28. The highest BCUT2D eigenvalue weighted by Crippen LogP contribution is 2.42. The molecule has 6 aliphatic rings. The molecule has 6 N–H and O–H groups in total. The van der Waals surface area contributed by atoms with Crippen LogP contribution in [-0.4, -0.2) is 208 Å². The standard InChI is InChI=1S/C29H32F2N8O.C26H27F2N7O2.C25H25F2N7O2.C25H25F2N7/c1-17-33-28-21(30)12-19(13-24(28)39(17)20-6-4-5-7-20)27-22(31)14-32-29(36-27)35-25-9-8-18-15-38(11-10-23(18)34-25)26(40)16-37(2)3;1-14(2)35-15(3)30-25-18(27)9-17(10-21(25)35)24-19(28)11-29-26(33-24)32-22-6-5-16-12-34(13-23(36)37-4)8-7-20(16)31-22;1-13(2)34-14(3)29-24-17(26)8-16(9-20(24)34)23-18(27)10-28-25(32-23)31-21-5-4-15-11-33(12-22(35)36)7-6-19(15)30-21;1-14-30-24-18(26)10-16(11-21(24)34(14)17-4-2-3-5-17)23-19(27)13-29-25(33-23)32-22-7-6-15-12-28-9-8-20(15)31-22/h8-9,12-14,20H,4-7,10-11,15-16H2,1-3H3,(H,32,34,35,36);5-6,9-11,14H,7-8,12-13H2,1-4H3,(H,29,31,32,33);4-5,8-10,13H,6-7,11-12H2,1-3H3,(H,35,36)(H,28,30,31,32);6-7,10-11,13,17,28H,2-5,8-9,12H2,1H3,(H,29,31,32,33). The minimum atomic E-state index is -0.864. The van der Waals surface area contributed by atoms with Gasteiger partial charge in [0.2, 0.25) is 29.7 Å². The molecule has 760 valence electrons. The smallest absolute Gasteiger partial charge is 0.319 e. The van der Waals surface area contributed by atoms with Crippen molar-refractivity contribution in [3.8, 4) is 45.0 Å². The zero-order valence-corrected chi connectivity index (χ0v) is 83.0. The third-order valence-electron chi connectivity index (χ3n) is 27.1. The summed E-state index contributed by atoms with van der Waals surface area (Å²) in [4.78, 5) is 112. The zero-order chi connectivity index (χ0) is 103. The average Bonchev–Trinajstić information content (AvgIpc) is 1.63. The lowest BCUT2D eigenvalue weighted by molar-refractivity contribution is -0.142. The number of carboxylic acids is 1. The Hall–Kier alpha value is -15.4. The van der Waals surface area contributed by atoms with Crippen LogP contribution in [0.2, 0.25) is 0 Å². The van der Waals surface area contributed by atoms with Gasteiger partial charge in [0.15, 0.2) is 46.5 Å². The van der Waals surface area contributed by atoms with E-state index in [4.69, 9.17) is 14.8 Å². The Morgan fingerprint density at radius 1 is 0.415 bits per heavy atom. The van der Waals surface area contributed by atoms with E-state index in [2.05, 4.69) is 110 Å². The number of hydrogen-bond donors (Lipinski definition) is 6. The van der Waals surface area contributed by atoms with Crippen molar-refractivity contribution in [2.75, 3.05) is 88.3 Å². The number of nitrogens with one attached hydrogen (secondary N) is 5. The van der Waals surface area contributed by atoms with E-state index in [-0.39, 0.29) is 112 Å². The summed E-state index contributed by atoms with van der Waals surface area (Å²) >= 11 is 0. The number of rotatable bonds is 22. The number of amides is 1. The minimum absolute atomic E-state index is 0.00290. The Morgan fingerprint density at radius 2 is 0.748 bits per heavy atom. The van der Waals surface area contributed by atoms with Crippen molar-refractivity contribution in [1.82, 2.24) is 123 Å². The number of likely N-dealkylation sites (N-methyl/N-ethyl adjacent to an activating group) is 1. The molecule has 0 spiro atoms. The van der Waals surface area contributed by atoms with Crippen LogP contribution in [0, 0.1) is 74.2 Å². The van der Waals surface area contributed by atoms with Crippen molar-refractivity contribution >= 4 is 109 Å². The molecule has 147 heavy (non-hydrogen) atoms. The van der Waals surface area contributed by atoms with Crippen LogP contribution in [0.15, 0.2) is 122 Å². The molecule has 0 radical (unpaired) electrons. The fraction of sp³-hybridized carbons (Fsp3) is 0.362. The number of imidazole rings is 4. The van der Waals surface area contributed by atoms with Gasteiger partial charge in [0.1, 0.15) is 91.4 Å². The Balaban J connectivity index is 0.000000124. The second-order valence-electron chi connectivity index (χ2n) is 38.4. The Kier molecular flexibility index (Phi) is 29.1. The highest BCUT2D eigenvalue weighted by molar-refractivity contribution is 5.87. The SMILES string of the molecule is COC(=O)CN1CCc2nc(Nc3ncc(F)c(-c4cc(F)c5nc(C)n(C(C)C)c5c4)n3)ccc2C1.Cc1nc2c(F)cc(-c3nc(Nc4ccc5c(n4)CCN(C(=O)CN(C)C)C5)ncc3F)cc2n1C1CCCC1.Cc1nc2c(F)cc(-c3nc(Nc4ccc5c(n4)CCN(CC(=O)O)C5)ncc3F)cc2n1C(C)C.Cc1nc2c(F)cc(-c3nc(Nc4ccc5c(n4)CCNC5)ncc3F)cc2n1C1CCCC1. The monoisotopic (exact) mass is 2010 g/mol. The number of anilines is 8. The molecule has 16 aromatic rings. The van der Waals surface area contributed by atoms with Crippen LogP contribution < -0.4 is 26.6 Å². The summed E-state index contributed by atoms with van der Waals surface area (Å²) in [7, 11) is 5.12. The first-order valence-corrected chi connectivity index (χ1v) is 49.0. The van der Waals surface area contributed by atoms with Gasteiger partial charge in [-0.25, -0.2) is 115 Å². The molecule has 4 aromatic carbocycles. The van der Waals surface area contributed by atoms with Crippen LogP contribution in [0.3, 0.4) is 0 Å². The maximum atomic E-state index is 15.2. The van der Waals surface area contributed by atoms with Gasteiger partial charge in [-0.15, -0.1) is 0 Å². The summed E-state index contributed by atoms with van der Waals surface area (Å²) in [6, 6.07) is 27.6. The van der Waals surface area contributed by atoms with E-state index >= 15 is 8.78 Å². The van der Waals surface area contributed by atoms with E-state index in [0.717, 1.165) is 152 Å². The number of aromatic nitrogens is 20. The lowest BCUT2D eigenvalue weighted by atomic mass is 10.1.